The first-order valence-electron chi connectivity index (χ1n) is 6.98. The van der Waals surface area contributed by atoms with E-state index in [0.717, 1.165) is 6.42 Å². The molecular formula is C14H24N2O2. The van der Waals surface area contributed by atoms with E-state index in [2.05, 4.69) is 26.1 Å². The molecule has 2 atom stereocenters. The number of nitrogens with zero attached hydrogens (tertiary/aromatic N) is 1. The number of hydrogen-bond donors (Lipinski definition) is 1. The summed E-state index contributed by atoms with van der Waals surface area (Å²) < 4.78 is 0. The average molecular weight is 252 g/mol. The molecule has 2 aliphatic rings. The highest BCUT2D eigenvalue weighted by atomic mass is 16.2. The van der Waals surface area contributed by atoms with Crippen LogP contribution in [0, 0.1) is 11.8 Å². The summed E-state index contributed by atoms with van der Waals surface area (Å²) in [6.45, 7) is 8.48. The summed E-state index contributed by atoms with van der Waals surface area (Å²) in [5.74, 6) is 0.832. The number of carbonyl (C=O) groups excluding carboxylic acids is 2. The summed E-state index contributed by atoms with van der Waals surface area (Å²) in [6, 6.07) is -0.339. The number of rotatable bonds is 4. The molecule has 2 fully saturated rings. The quantitative estimate of drug-likeness (QED) is 0.825. The second-order valence-corrected chi connectivity index (χ2v) is 6.28. The van der Waals surface area contributed by atoms with Gasteiger partial charge >= 0.3 is 0 Å². The Morgan fingerprint density at radius 1 is 1.39 bits per heavy atom. The van der Waals surface area contributed by atoms with Gasteiger partial charge in [-0.3, -0.25) is 9.59 Å². The van der Waals surface area contributed by atoms with Gasteiger partial charge in [-0.25, -0.2) is 0 Å². The lowest BCUT2D eigenvalue weighted by molar-refractivity contribution is -0.152. The van der Waals surface area contributed by atoms with E-state index in [1.165, 1.54) is 12.8 Å². The van der Waals surface area contributed by atoms with Crippen molar-refractivity contribution in [1.82, 2.24) is 10.2 Å². The molecule has 2 rings (SSSR count). The SMILES string of the molecule is CCC(C)C1NC(=O)CN(C(C)(C)C2CC2)C1=O. The molecular weight excluding hydrogens is 228 g/mol. The van der Waals surface area contributed by atoms with Crippen molar-refractivity contribution in [2.45, 2.75) is 58.5 Å². The summed E-state index contributed by atoms with van der Waals surface area (Å²) >= 11 is 0. The van der Waals surface area contributed by atoms with Crippen LogP contribution in [0.1, 0.15) is 47.0 Å². The summed E-state index contributed by atoms with van der Waals surface area (Å²) in [6.07, 6.45) is 3.24. The molecule has 2 unspecified atom stereocenters. The zero-order valence-corrected chi connectivity index (χ0v) is 11.8. The fourth-order valence-corrected chi connectivity index (χ4v) is 2.79. The van der Waals surface area contributed by atoms with Crippen molar-refractivity contribution in [3.8, 4) is 0 Å². The third kappa shape index (κ3) is 2.25. The van der Waals surface area contributed by atoms with Gasteiger partial charge in [-0.15, -0.1) is 0 Å². The number of hydrogen-bond acceptors (Lipinski definition) is 2. The van der Waals surface area contributed by atoms with Crippen LogP contribution in [0.15, 0.2) is 0 Å². The van der Waals surface area contributed by atoms with Crippen LogP contribution in [0.2, 0.25) is 0 Å². The molecule has 0 bridgehead atoms. The van der Waals surface area contributed by atoms with Crippen LogP contribution in [0.5, 0.6) is 0 Å². The highest BCUT2D eigenvalue weighted by Gasteiger charge is 2.48. The Balaban J connectivity index is 2.19. The molecule has 1 aliphatic heterocycles. The van der Waals surface area contributed by atoms with Gasteiger partial charge < -0.3 is 10.2 Å². The van der Waals surface area contributed by atoms with E-state index >= 15 is 0 Å². The van der Waals surface area contributed by atoms with Crippen molar-refractivity contribution in [3.05, 3.63) is 0 Å². The Morgan fingerprint density at radius 2 is 2.00 bits per heavy atom. The summed E-state index contributed by atoms with van der Waals surface area (Å²) in [5.41, 5.74) is -0.180. The topological polar surface area (TPSA) is 49.4 Å². The lowest BCUT2D eigenvalue weighted by Gasteiger charge is -2.44. The molecule has 1 aliphatic carbocycles. The Labute approximate surface area is 109 Å². The van der Waals surface area contributed by atoms with Crippen molar-refractivity contribution >= 4 is 11.8 Å². The highest BCUT2D eigenvalue weighted by Crippen LogP contribution is 2.43. The molecule has 18 heavy (non-hydrogen) atoms. The lowest BCUT2D eigenvalue weighted by atomic mass is 9.90. The van der Waals surface area contributed by atoms with Crippen LogP contribution in [0.25, 0.3) is 0 Å². The maximum absolute atomic E-state index is 12.6. The van der Waals surface area contributed by atoms with Gasteiger partial charge in [0.2, 0.25) is 11.8 Å². The smallest absolute Gasteiger partial charge is 0.246 e. The fraction of sp³-hybridized carbons (Fsp3) is 0.857. The van der Waals surface area contributed by atoms with Gasteiger partial charge in [-0.1, -0.05) is 20.3 Å². The van der Waals surface area contributed by atoms with Gasteiger partial charge in [0.25, 0.3) is 0 Å². The Hall–Kier alpha value is -1.06. The first-order valence-corrected chi connectivity index (χ1v) is 6.98. The molecule has 2 amide bonds. The average Bonchev–Trinajstić information content (AvgIpc) is 3.14. The second-order valence-electron chi connectivity index (χ2n) is 6.28. The minimum Gasteiger partial charge on any atom is -0.342 e. The Kier molecular flexibility index (Phi) is 3.39. The van der Waals surface area contributed by atoms with Crippen molar-refractivity contribution in [1.29, 1.82) is 0 Å². The van der Waals surface area contributed by atoms with Crippen molar-refractivity contribution < 1.29 is 9.59 Å². The molecule has 1 saturated heterocycles. The first-order chi connectivity index (χ1) is 8.37. The van der Waals surface area contributed by atoms with E-state index in [-0.39, 0.29) is 35.9 Å². The number of nitrogens with one attached hydrogen (secondary N) is 1. The Morgan fingerprint density at radius 3 is 2.50 bits per heavy atom. The molecule has 0 aromatic carbocycles. The van der Waals surface area contributed by atoms with Gasteiger partial charge in [0.05, 0.1) is 0 Å². The van der Waals surface area contributed by atoms with Crippen LogP contribution in [-0.4, -0.2) is 34.8 Å². The van der Waals surface area contributed by atoms with Crippen LogP contribution in [0.4, 0.5) is 0 Å². The molecule has 1 saturated carbocycles. The van der Waals surface area contributed by atoms with E-state index in [1.807, 2.05) is 6.92 Å². The number of piperazine rings is 1. The summed E-state index contributed by atoms with van der Waals surface area (Å²) in [5, 5.41) is 2.85. The minimum absolute atomic E-state index is 0.0198. The van der Waals surface area contributed by atoms with Crippen molar-refractivity contribution in [3.63, 3.8) is 0 Å². The van der Waals surface area contributed by atoms with Crippen LogP contribution < -0.4 is 5.32 Å². The molecule has 0 aromatic heterocycles. The van der Waals surface area contributed by atoms with Crippen LogP contribution in [0.3, 0.4) is 0 Å². The largest absolute Gasteiger partial charge is 0.342 e. The maximum Gasteiger partial charge on any atom is 0.246 e. The van der Waals surface area contributed by atoms with Crippen LogP contribution in [-0.2, 0) is 9.59 Å². The van der Waals surface area contributed by atoms with Gasteiger partial charge in [0, 0.05) is 5.54 Å². The molecule has 102 valence electrons. The zero-order valence-electron chi connectivity index (χ0n) is 11.8. The first kappa shape index (κ1) is 13.4. The van der Waals surface area contributed by atoms with E-state index < -0.39 is 0 Å². The van der Waals surface area contributed by atoms with Gasteiger partial charge in [0.1, 0.15) is 12.6 Å². The molecule has 4 heteroatoms. The second kappa shape index (κ2) is 4.56. The van der Waals surface area contributed by atoms with Gasteiger partial charge in [-0.2, -0.15) is 0 Å². The summed E-state index contributed by atoms with van der Waals surface area (Å²) in [7, 11) is 0. The monoisotopic (exact) mass is 252 g/mol. The standard InChI is InChI=1S/C14H24N2O2/c1-5-9(2)12-13(18)16(8-11(17)15-12)14(3,4)10-6-7-10/h9-10,12H,5-8H2,1-4H3,(H,15,17). The third-order valence-corrected chi connectivity index (χ3v) is 4.64. The number of amides is 2. The predicted octanol–water partition coefficient (Wildman–Crippen LogP) is 1.55. The zero-order chi connectivity index (χ0) is 13.5. The number of carbonyl (C=O) groups is 2. The third-order valence-electron chi connectivity index (χ3n) is 4.64. The van der Waals surface area contributed by atoms with Crippen LogP contribution >= 0.6 is 0 Å². The Bertz CT molecular complexity index is 361. The van der Waals surface area contributed by atoms with E-state index in [1.54, 1.807) is 4.90 Å². The molecule has 4 nitrogen and oxygen atoms in total. The van der Waals surface area contributed by atoms with Crippen molar-refractivity contribution in [2.24, 2.45) is 11.8 Å². The molecule has 0 aromatic rings. The van der Waals surface area contributed by atoms with E-state index in [4.69, 9.17) is 0 Å². The maximum atomic E-state index is 12.6. The molecule has 0 spiro atoms. The summed E-state index contributed by atoms with van der Waals surface area (Å²) in [4.78, 5) is 26.2. The predicted molar refractivity (Wildman–Crippen MR) is 69.9 cm³/mol. The van der Waals surface area contributed by atoms with Crippen molar-refractivity contribution in [2.75, 3.05) is 6.54 Å². The van der Waals surface area contributed by atoms with Gasteiger partial charge in [-0.05, 0) is 38.5 Å². The molecule has 0 radical (unpaired) electrons. The fourth-order valence-electron chi connectivity index (χ4n) is 2.79. The lowest BCUT2D eigenvalue weighted by Crippen LogP contribution is -2.65. The molecule has 1 heterocycles. The highest BCUT2D eigenvalue weighted by molar-refractivity contribution is 5.95. The van der Waals surface area contributed by atoms with E-state index in [9.17, 15) is 9.59 Å². The molecule has 1 N–H and O–H groups in total. The normalized spacial score (nSPS) is 27.1. The minimum atomic E-state index is -0.339. The van der Waals surface area contributed by atoms with Gasteiger partial charge in [0.15, 0.2) is 0 Å². The van der Waals surface area contributed by atoms with E-state index in [0.29, 0.717) is 5.92 Å².